The zero-order valence-corrected chi connectivity index (χ0v) is 13.9. The Bertz CT molecular complexity index is 575. The number of aliphatic hydroxyl groups is 1. The summed E-state index contributed by atoms with van der Waals surface area (Å²) in [5.74, 6) is -0.245. The van der Waals surface area contributed by atoms with Crippen LogP contribution in [0.3, 0.4) is 0 Å². The van der Waals surface area contributed by atoms with Crippen LogP contribution >= 0.6 is 0 Å². The monoisotopic (exact) mass is 335 g/mol. The minimum atomic E-state index is -0.739. The van der Waals surface area contributed by atoms with Gasteiger partial charge < -0.3 is 20.6 Å². The number of urea groups is 1. The molecule has 6 heteroatoms. The Hall–Kier alpha value is -1.82. The molecular weight excluding hydrogens is 309 g/mol. The Kier molecular flexibility index (Phi) is 5.23. The highest BCUT2D eigenvalue weighted by Crippen LogP contribution is 2.28. The van der Waals surface area contributed by atoms with E-state index in [2.05, 4.69) is 15.5 Å². The van der Waals surface area contributed by atoms with Gasteiger partial charge in [0, 0.05) is 31.4 Å². The smallest absolute Gasteiger partial charge is 0.315 e. The van der Waals surface area contributed by atoms with Gasteiger partial charge in [0.1, 0.15) is 5.82 Å². The molecular formula is C18H26FN3O2. The number of amides is 2. The fourth-order valence-corrected chi connectivity index (χ4v) is 3.69. The molecule has 1 aliphatic heterocycles. The average molecular weight is 335 g/mol. The molecule has 132 valence electrons. The topological polar surface area (TPSA) is 64.6 Å². The molecule has 24 heavy (non-hydrogen) atoms. The highest BCUT2D eigenvalue weighted by atomic mass is 19.1. The van der Waals surface area contributed by atoms with Crippen molar-refractivity contribution in [3.8, 4) is 0 Å². The van der Waals surface area contributed by atoms with E-state index in [1.807, 2.05) is 6.07 Å². The molecule has 3 N–H and O–H groups in total. The number of hydrogen-bond acceptors (Lipinski definition) is 3. The van der Waals surface area contributed by atoms with Crippen molar-refractivity contribution in [1.29, 1.82) is 0 Å². The lowest BCUT2D eigenvalue weighted by molar-refractivity contribution is 0.0500. The van der Waals surface area contributed by atoms with E-state index in [1.165, 1.54) is 12.1 Å². The molecule has 1 aromatic rings. The first-order valence-corrected chi connectivity index (χ1v) is 8.81. The van der Waals surface area contributed by atoms with Crippen molar-refractivity contribution in [1.82, 2.24) is 10.6 Å². The number of nitrogens with zero attached hydrogens (tertiary/aromatic N) is 1. The first-order valence-electron chi connectivity index (χ1n) is 8.81. The Labute approximate surface area is 142 Å². The van der Waals surface area contributed by atoms with Gasteiger partial charge in [0.05, 0.1) is 5.60 Å². The molecule has 0 radical (unpaired) electrons. The lowest BCUT2D eigenvalue weighted by Gasteiger charge is -2.35. The Morgan fingerprint density at radius 1 is 1.33 bits per heavy atom. The van der Waals surface area contributed by atoms with Gasteiger partial charge in [-0.25, -0.2) is 9.18 Å². The van der Waals surface area contributed by atoms with E-state index >= 15 is 0 Å². The molecule has 1 aromatic carbocycles. The molecule has 5 nitrogen and oxygen atoms in total. The minimum Gasteiger partial charge on any atom is -0.388 e. The van der Waals surface area contributed by atoms with Crippen LogP contribution in [0.15, 0.2) is 24.3 Å². The average Bonchev–Trinajstić information content (AvgIpc) is 3.01. The lowest BCUT2D eigenvalue weighted by atomic mass is 10.0. The fraction of sp³-hybridized carbons (Fsp3) is 0.611. The van der Waals surface area contributed by atoms with Crippen molar-refractivity contribution < 1.29 is 14.3 Å². The highest BCUT2D eigenvalue weighted by Gasteiger charge is 2.31. The molecule has 1 atom stereocenters. The van der Waals surface area contributed by atoms with Gasteiger partial charge in [0.2, 0.25) is 0 Å². The SMILES string of the molecule is O=C(NCC1(O)CCCC1)NC1CCCN(c2cccc(F)c2)C1. The van der Waals surface area contributed by atoms with Crippen molar-refractivity contribution in [3.63, 3.8) is 0 Å². The van der Waals surface area contributed by atoms with Crippen LogP contribution in [0.2, 0.25) is 0 Å². The lowest BCUT2D eigenvalue weighted by Crippen LogP contribution is -2.52. The van der Waals surface area contributed by atoms with Gasteiger partial charge in [-0.1, -0.05) is 18.9 Å². The van der Waals surface area contributed by atoms with Crippen LogP contribution in [-0.2, 0) is 0 Å². The van der Waals surface area contributed by atoms with Crippen molar-refractivity contribution in [2.24, 2.45) is 0 Å². The number of carbonyl (C=O) groups excluding carboxylic acids is 1. The summed E-state index contributed by atoms with van der Waals surface area (Å²) in [6, 6.07) is 6.35. The third kappa shape index (κ3) is 4.38. The first kappa shape index (κ1) is 17.0. The summed E-state index contributed by atoms with van der Waals surface area (Å²) in [5.41, 5.74) is 0.111. The van der Waals surface area contributed by atoms with E-state index in [4.69, 9.17) is 0 Å². The van der Waals surface area contributed by atoms with Crippen molar-refractivity contribution >= 4 is 11.7 Å². The number of carbonyl (C=O) groups is 1. The minimum absolute atomic E-state index is 0.0280. The van der Waals surface area contributed by atoms with Crippen LogP contribution in [0.1, 0.15) is 38.5 Å². The van der Waals surface area contributed by atoms with E-state index in [0.29, 0.717) is 13.1 Å². The quantitative estimate of drug-likeness (QED) is 0.792. The number of piperidine rings is 1. The summed E-state index contributed by atoms with van der Waals surface area (Å²) in [6.45, 7) is 1.84. The maximum absolute atomic E-state index is 13.4. The Morgan fingerprint density at radius 3 is 2.88 bits per heavy atom. The summed E-state index contributed by atoms with van der Waals surface area (Å²) < 4.78 is 13.4. The van der Waals surface area contributed by atoms with Crippen LogP contribution in [0.5, 0.6) is 0 Å². The number of anilines is 1. The predicted molar refractivity (Wildman–Crippen MR) is 91.6 cm³/mol. The van der Waals surface area contributed by atoms with Crippen LogP contribution < -0.4 is 15.5 Å². The van der Waals surface area contributed by atoms with Crippen molar-refractivity contribution in [2.75, 3.05) is 24.5 Å². The second kappa shape index (κ2) is 7.38. The molecule has 1 saturated carbocycles. The van der Waals surface area contributed by atoms with E-state index in [1.54, 1.807) is 6.07 Å². The molecule has 2 amide bonds. The fourth-order valence-electron chi connectivity index (χ4n) is 3.69. The predicted octanol–water partition coefficient (Wildman–Crippen LogP) is 2.40. The standard InChI is InChI=1S/C18H26FN3O2/c19-14-5-3-7-16(11-14)22-10-4-6-15(12-22)21-17(23)20-13-18(24)8-1-2-9-18/h3,5,7,11,15,24H,1-2,4,6,8-10,12-13H2,(H2,20,21,23). The summed E-state index contributed by atoms with van der Waals surface area (Å²) in [7, 11) is 0. The van der Waals surface area contributed by atoms with Gasteiger partial charge in [-0.15, -0.1) is 0 Å². The van der Waals surface area contributed by atoms with Gasteiger partial charge in [-0.2, -0.15) is 0 Å². The summed E-state index contributed by atoms with van der Waals surface area (Å²) in [6.07, 6.45) is 5.40. The largest absolute Gasteiger partial charge is 0.388 e. The van der Waals surface area contributed by atoms with Crippen LogP contribution in [0, 0.1) is 5.82 Å². The molecule has 3 rings (SSSR count). The molecule has 2 aliphatic rings. The second-order valence-electron chi connectivity index (χ2n) is 7.02. The summed E-state index contributed by atoms with van der Waals surface area (Å²) >= 11 is 0. The van der Waals surface area contributed by atoms with Crippen molar-refractivity contribution in [3.05, 3.63) is 30.1 Å². The third-order valence-corrected chi connectivity index (χ3v) is 5.04. The number of nitrogens with one attached hydrogen (secondary N) is 2. The van der Waals surface area contributed by atoms with E-state index < -0.39 is 5.60 Å². The van der Waals surface area contributed by atoms with E-state index in [9.17, 15) is 14.3 Å². The molecule has 1 saturated heterocycles. The van der Waals surface area contributed by atoms with Gasteiger partial charge in [0.15, 0.2) is 0 Å². The second-order valence-corrected chi connectivity index (χ2v) is 7.02. The number of rotatable bonds is 4. The molecule has 0 bridgehead atoms. The molecule has 1 aliphatic carbocycles. The zero-order valence-electron chi connectivity index (χ0n) is 13.9. The Morgan fingerprint density at radius 2 is 2.12 bits per heavy atom. The molecule has 1 heterocycles. The highest BCUT2D eigenvalue weighted by molar-refractivity contribution is 5.74. The normalized spacial score (nSPS) is 23.1. The van der Waals surface area contributed by atoms with E-state index in [0.717, 1.165) is 50.8 Å². The van der Waals surface area contributed by atoms with Crippen LogP contribution in [0.4, 0.5) is 14.9 Å². The van der Waals surface area contributed by atoms with Crippen LogP contribution in [0.25, 0.3) is 0 Å². The van der Waals surface area contributed by atoms with E-state index in [-0.39, 0.29) is 17.9 Å². The number of hydrogen-bond donors (Lipinski definition) is 3. The Balaban J connectivity index is 1.49. The maximum Gasteiger partial charge on any atom is 0.315 e. The third-order valence-electron chi connectivity index (χ3n) is 5.04. The number of benzene rings is 1. The summed E-state index contributed by atoms with van der Waals surface area (Å²) in [5, 5.41) is 16.1. The maximum atomic E-state index is 13.4. The van der Waals surface area contributed by atoms with Crippen molar-refractivity contribution in [2.45, 2.75) is 50.2 Å². The number of halogens is 1. The first-order chi connectivity index (χ1) is 11.5. The molecule has 0 aromatic heterocycles. The van der Waals surface area contributed by atoms with Gasteiger partial charge in [-0.05, 0) is 43.9 Å². The summed E-state index contributed by atoms with van der Waals surface area (Å²) in [4.78, 5) is 14.2. The molecule has 0 spiro atoms. The molecule has 2 fully saturated rings. The van der Waals surface area contributed by atoms with Gasteiger partial charge in [-0.3, -0.25) is 0 Å². The zero-order chi connectivity index (χ0) is 17.0. The van der Waals surface area contributed by atoms with Crippen LogP contribution in [-0.4, -0.2) is 42.4 Å². The van der Waals surface area contributed by atoms with Gasteiger partial charge in [0.25, 0.3) is 0 Å². The molecule has 1 unspecified atom stereocenters. The van der Waals surface area contributed by atoms with Gasteiger partial charge >= 0.3 is 6.03 Å².